The van der Waals surface area contributed by atoms with Gasteiger partial charge in [0.15, 0.2) is 0 Å². The van der Waals surface area contributed by atoms with E-state index in [2.05, 4.69) is 0 Å². The minimum atomic E-state index is -3.87. The normalized spacial score (nSPS) is 11.6. The van der Waals surface area contributed by atoms with Crippen molar-refractivity contribution in [3.63, 3.8) is 0 Å². The van der Waals surface area contributed by atoms with Crippen molar-refractivity contribution >= 4 is 38.9 Å². The van der Waals surface area contributed by atoms with Crippen molar-refractivity contribution in [2.75, 3.05) is 19.0 Å². The molecule has 3 aromatic rings. The van der Waals surface area contributed by atoms with Gasteiger partial charge in [-0.05, 0) is 41.5 Å². The van der Waals surface area contributed by atoms with Gasteiger partial charge in [0, 0.05) is 37.9 Å². The van der Waals surface area contributed by atoms with Gasteiger partial charge >= 0.3 is 0 Å². The molecule has 3 aromatic carbocycles. The van der Waals surface area contributed by atoms with Gasteiger partial charge in [-0.3, -0.25) is 0 Å². The first-order chi connectivity index (χ1) is 13.8. The summed E-state index contributed by atoms with van der Waals surface area (Å²) in [6.07, 6.45) is 0. The molecule has 0 N–H and O–H groups in total. The fourth-order valence-corrected chi connectivity index (χ4v) is 5.08. The maximum Gasteiger partial charge on any atom is 0.245 e. The van der Waals surface area contributed by atoms with Crippen LogP contribution in [-0.2, 0) is 23.1 Å². The Balaban J connectivity index is 1.99. The molecule has 3 rings (SSSR count). The second-order valence-corrected chi connectivity index (χ2v) is 9.64. The Bertz CT molecular complexity index is 1070. The van der Waals surface area contributed by atoms with Crippen molar-refractivity contribution in [3.8, 4) is 0 Å². The van der Waals surface area contributed by atoms with Crippen molar-refractivity contribution < 1.29 is 8.42 Å². The van der Waals surface area contributed by atoms with Crippen molar-refractivity contribution in [1.29, 1.82) is 0 Å². The van der Waals surface area contributed by atoms with Gasteiger partial charge in [0.2, 0.25) is 10.0 Å². The molecule has 0 spiro atoms. The standard InChI is InChI=1S/C22H22Cl2N2O2S/c1-25(2)20-11-8-18(9-12-20)16-26(15-17-6-4-3-5-7-17)29(27,28)22-14-19(23)10-13-21(22)24/h3-14H,15-16H2,1-2H3. The highest BCUT2D eigenvalue weighted by Gasteiger charge is 2.27. The van der Waals surface area contributed by atoms with E-state index in [1.54, 1.807) is 6.07 Å². The molecule has 0 atom stereocenters. The second-order valence-electron chi connectivity index (χ2n) is 6.89. The molecule has 0 aliphatic heterocycles. The third kappa shape index (κ3) is 5.31. The van der Waals surface area contributed by atoms with Crippen LogP contribution in [0.3, 0.4) is 0 Å². The van der Waals surface area contributed by atoms with Gasteiger partial charge in [-0.25, -0.2) is 8.42 Å². The lowest BCUT2D eigenvalue weighted by Crippen LogP contribution is -2.30. The smallest absolute Gasteiger partial charge is 0.245 e. The van der Waals surface area contributed by atoms with Gasteiger partial charge in [-0.15, -0.1) is 0 Å². The highest BCUT2D eigenvalue weighted by Crippen LogP contribution is 2.30. The van der Waals surface area contributed by atoms with Crippen LogP contribution in [0.1, 0.15) is 11.1 Å². The van der Waals surface area contributed by atoms with Crippen molar-refractivity contribution in [2.45, 2.75) is 18.0 Å². The van der Waals surface area contributed by atoms with Gasteiger partial charge < -0.3 is 4.90 Å². The molecule has 0 aliphatic rings. The third-order valence-corrected chi connectivity index (χ3v) is 7.03. The zero-order valence-corrected chi connectivity index (χ0v) is 18.5. The molecule has 0 saturated carbocycles. The number of hydrogen-bond acceptors (Lipinski definition) is 3. The Morgan fingerprint density at radius 2 is 1.38 bits per heavy atom. The summed E-state index contributed by atoms with van der Waals surface area (Å²) in [5.74, 6) is 0. The van der Waals surface area contributed by atoms with E-state index in [9.17, 15) is 8.42 Å². The zero-order chi connectivity index (χ0) is 21.0. The number of hydrogen-bond donors (Lipinski definition) is 0. The number of halogens is 2. The molecule has 0 amide bonds. The van der Waals surface area contributed by atoms with Crippen LogP contribution in [0.4, 0.5) is 5.69 Å². The summed E-state index contributed by atoms with van der Waals surface area (Å²) in [5, 5.41) is 0.471. The van der Waals surface area contributed by atoms with E-state index in [0.717, 1.165) is 16.8 Å². The third-order valence-electron chi connectivity index (χ3n) is 4.52. The van der Waals surface area contributed by atoms with Crippen LogP contribution in [0.15, 0.2) is 77.7 Å². The van der Waals surface area contributed by atoms with Crippen LogP contribution in [0, 0.1) is 0 Å². The molecule has 0 radical (unpaired) electrons. The van der Waals surface area contributed by atoms with Crippen LogP contribution in [0.2, 0.25) is 10.0 Å². The number of sulfonamides is 1. The first-order valence-corrected chi connectivity index (χ1v) is 11.2. The summed E-state index contributed by atoms with van der Waals surface area (Å²) in [5.41, 5.74) is 2.82. The molecule has 0 saturated heterocycles. The Morgan fingerprint density at radius 3 is 1.97 bits per heavy atom. The minimum absolute atomic E-state index is 0.00695. The SMILES string of the molecule is CN(C)c1ccc(CN(Cc2ccccc2)S(=O)(=O)c2cc(Cl)ccc2Cl)cc1. The van der Waals surface area contributed by atoms with Gasteiger partial charge in [-0.1, -0.05) is 65.7 Å². The maximum absolute atomic E-state index is 13.5. The highest BCUT2D eigenvalue weighted by atomic mass is 35.5. The summed E-state index contributed by atoms with van der Waals surface area (Å²) in [7, 11) is 0.0507. The predicted octanol–water partition coefficient (Wildman–Crippen LogP) is 5.45. The largest absolute Gasteiger partial charge is 0.378 e. The van der Waals surface area contributed by atoms with Gasteiger partial charge in [0.25, 0.3) is 0 Å². The molecule has 152 valence electrons. The number of nitrogens with zero attached hydrogens (tertiary/aromatic N) is 2. The Kier molecular flexibility index (Phi) is 6.85. The predicted molar refractivity (Wildman–Crippen MR) is 120 cm³/mol. The van der Waals surface area contributed by atoms with Crippen molar-refractivity contribution in [3.05, 3.63) is 94.0 Å². The average molecular weight is 449 g/mol. The van der Waals surface area contributed by atoms with E-state index in [-0.39, 0.29) is 23.0 Å². The molecule has 0 unspecified atom stereocenters. The molecular formula is C22H22Cl2N2O2S. The number of anilines is 1. The van der Waals surface area contributed by atoms with E-state index in [1.165, 1.54) is 16.4 Å². The Hall–Kier alpha value is -2.05. The maximum atomic E-state index is 13.5. The van der Waals surface area contributed by atoms with Crippen LogP contribution in [0.25, 0.3) is 0 Å². The van der Waals surface area contributed by atoms with E-state index < -0.39 is 10.0 Å². The summed E-state index contributed by atoms with van der Waals surface area (Å²) in [6, 6.07) is 21.7. The molecule has 0 aliphatic carbocycles. The highest BCUT2D eigenvalue weighted by molar-refractivity contribution is 7.89. The molecule has 0 fully saturated rings. The summed E-state index contributed by atoms with van der Waals surface area (Å²) in [4.78, 5) is 2.00. The zero-order valence-electron chi connectivity index (χ0n) is 16.2. The van der Waals surface area contributed by atoms with E-state index >= 15 is 0 Å². The molecule has 4 nitrogen and oxygen atoms in total. The Morgan fingerprint density at radius 1 is 0.793 bits per heavy atom. The second kappa shape index (κ2) is 9.18. The number of benzene rings is 3. The van der Waals surface area contributed by atoms with E-state index in [4.69, 9.17) is 23.2 Å². The van der Waals surface area contributed by atoms with E-state index in [0.29, 0.717) is 5.02 Å². The quantitative estimate of drug-likeness (QED) is 0.482. The van der Waals surface area contributed by atoms with Crippen LogP contribution in [-0.4, -0.2) is 26.8 Å². The average Bonchev–Trinajstić information content (AvgIpc) is 2.70. The fourth-order valence-electron chi connectivity index (χ4n) is 2.93. The molecule has 0 aromatic heterocycles. The van der Waals surface area contributed by atoms with Crippen LogP contribution in [0.5, 0.6) is 0 Å². The summed E-state index contributed by atoms with van der Waals surface area (Å²) >= 11 is 12.3. The van der Waals surface area contributed by atoms with Gasteiger partial charge in [-0.2, -0.15) is 4.31 Å². The molecule has 0 bridgehead atoms. The molecule has 29 heavy (non-hydrogen) atoms. The van der Waals surface area contributed by atoms with Gasteiger partial charge in [0.05, 0.1) is 5.02 Å². The van der Waals surface area contributed by atoms with Gasteiger partial charge in [0.1, 0.15) is 4.90 Å². The lowest BCUT2D eigenvalue weighted by Gasteiger charge is -2.23. The summed E-state index contributed by atoms with van der Waals surface area (Å²) in [6.45, 7) is 0.440. The van der Waals surface area contributed by atoms with Crippen LogP contribution < -0.4 is 4.90 Å². The minimum Gasteiger partial charge on any atom is -0.378 e. The lowest BCUT2D eigenvalue weighted by molar-refractivity contribution is 0.401. The summed E-state index contributed by atoms with van der Waals surface area (Å²) < 4.78 is 28.3. The fraction of sp³-hybridized carbons (Fsp3) is 0.182. The first-order valence-electron chi connectivity index (χ1n) is 9.03. The molecule has 0 heterocycles. The lowest BCUT2D eigenvalue weighted by atomic mass is 10.2. The van der Waals surface area contributed by atoms with E-state index in [1.807, 2.05) is 73.6 Å². The molecule has 7 heteroatoms. The first kappa shape index (κ1) is 21.7. The van der Waals surface area contributed by atoms with Crippen LogP contribution >= 0.6 is 23.2 Å². The molecular weight excluding hydrogens is 427 g/mol. The topological polar surface area (TPSA) is 40.6 Å². The van der Waals surface area contributed by atoms with Crippen molar-refractivity contribution in [1.82, 2.24) is 4.31 Å². The van der Waals surface area contributed by atoms with Crippen molar-refractivity contribution in [2.24, 2.45) is 0 Å². The monoisotopic (exact) mass is 448 g/mol. The number of rotatable bonds is 7. The Labute approximate surface area is 182 Å².